The highest BCUT2D eigenvalue weighted by atomic mass is 32.2. The van der Waals surface area contributed by atoms with Gasteiger partial charge >= 0.3 is 0 Å². The van der Waals surface area contributed by atoms with Gasteiger partial charge in [-0.1, -0.05) is 42.1 Å². The number of aromatic nitrogens is 3. The number of nitrogens with zero attached hydrogens (tertiary/aromatic N) is 3. The van der Waals surface area contributed by atoms with Gasteiger partial charge in [-0.3, -0.25) is 9.36 Å². The molecule has 0 aliphatic heterocycles. The van der Waals surface area contributed by atoms with Gasteiger partial charge in [0.2, 0.25) is 5.91 Å². The van der Waals surface area contributed by atoms with E-state index in [1.165, 1.54) is 17.3 Å². The highest BCUT2D eigenvalue weighted by molar-refractivity contribution is 7.99. The zero-order valence-corrected chi connectivity index (χ0v) is 15.3. The fraction of sp³-hybridized carbons (Fsp3) is 0.211. The fourth-order valence-electron chi connectivity index (χ4n) is 2.41. The van der Waals surface area contributed by atoms with Crippen molar-refractivity contribution >= 4 is 17.7 Å². The van der Waals surface area contributed by atoms with Crippen molar-refractivity contribution in [1.29, 1.82) is 0 Å². The maximum Gasteiger partial charge on any atom is 0.230 e. The lowest BCUT2D eigenvalue weighted by molar-refractivity contribution is -0.118. The number of methoxy groups -OCH3 is 1. The van der Waals surface area contributed by atoms with Gasteiger partial charge in [0.25, 0.3) is 0 Å². The summed E-state index contributed by atoms with van der Waals surface area (Å²) in [6.45, 7) is 0.620. The number of rotatable bonds is 8. The fourth-order valence-corrected chi connectivity index (χ4v) is 3.17. The maximum atomic E-state index is 12.1. The first-order valence-corrected chi connectivity index (χ1v) is 9.22. The highest BCUT2D eigenvalue weighted by Crippen LogP contribution is 2.21. The van der Waals surface area contributed by atoms with Crippen LogP contribution in [0.4, 0.5) is 0 Å². The van der Waals surface area contributed by atoms with Gasteiger partial charge in [0, 0.05) is 12.2 Å². The smallest absolute Gasteiger partial charge is 0.230 e. The summed E-state index contributed by atoms with van der Waals surface area (Å²) in [6, 6.07) is 17.7. The largest absolute Gasteiger partial charge is 0.497 e. The third-order valence-electron chi connectivity index (χ3n) is 3.78. The Kier molecular flexibility index (Phi) is 6.27. The summed E-state index contributed by atoms with van der Waals surface area (Å²) in [5.74, 6) is 1.06. The summed E-state index contributed by atoms with van der Waals surface area (Å²) >= 11 is 1.36. The Bertz CT molecular complexity index is 834. The number of ether oxygens (including phenoxy) is 1. The van der Waals surface area contributed by atoms with Crippen molar-refractivity contribution in [2.75, 3.05) is 19.4 Å². The Morgan fingerprint density at radius 3 is 2.65 bits per heavy atom. The first-order chi connectivity index (χ1) is 12.8. The molecular weight excluding hydrogens is 348 g/mol. The standard InChI is InChI=1S/C19H20N4O2S/c1-25-17-9-7-16(8-10-17)23-14-21-22-19(23)26-13-18(24)20-12-11-15-5-3-2-4-6-15/h2-10,14H,11-13H2,1H3,(H,20,24). The Hall–Kier alpha value is -2.80. The molecule has 0 fully saturated rings. The molecule has 0 saturated carbocycles. The van der Waals surface area contributed by atoms with Crippen molar-refractivity contribution in [3.05, 3.63) is 66.5 Å². The first-order valence-electron chi connectivity index (χ1n) is 8.24. The topological polar surface area (TPSA) is 69.0 Å². The minimum Gasteiger partial charge on any atom is -0.497 e. The number of thioether (sulfide) groups is 1. The van der Waals surface area contributed by atoms with Crippen molar-refractivity contribution in [2.45, 2.75) is 11.6 Å². The van der Waals surface area contributed by atoms with Crippen LogP contribution in [-0.4, -0.2) is 40.1 Å². The van der Waals surface area contributed by atoms with Crippen LogP contribution in [-0.2, 0) is 11.2 Å². The molecule has 0 bridgehead atoms. The third-order valence-corrected chi connectivity index (χ3v) is 4.72. The van der Waals surface area contributed by atoms with Gasteiger partial charge in [0.1, 0.15) is 12.1 Å². The van der Waals surface area contributed by atoms with Gasteiger partial charge in [0.15, 0.2) is 5.16 Å². The monoisotopic (exact) mass is 368 g/mol. The van der Waals surface area contributed by atoms with Crippen LogP contribution in [0.1, 0.15) is 5.56 Å². The lowest BCUT2D eigenvalue weighted by atomic mass is 10.1. The van der Waals surface area contributed by atoms with Gasteiger partial charge in [-0.25, -0.2) is 0 Å². The molecule has 0 spiro atoms. The summed E-state index contributed by atoms with van der Waals surface area (Å²) in [7, 11) is 1.63. The third kappa shape index (κ3) is 4.86. The van der Waals surface area contributed by atoms with Crippen LogP contribution in [0.15, 0.2) is 66.1 Å². The Labute approximate surface area is 156 Å². The highest BCUT2D eigenvalue weighted by Gasteiger charge is 2.10. The van der Waals surface area contributed by atoms with Crippen LogP contribution in [0.5, 0.6) is 5.75 Å². The summed E-state index contributed by atoms with van der Waals surface area (Å²) in [5.41, 5.74) is 2.13. The molecule has 0 saturated heterocycles. The van der Waals surface area contributed by atoms with E-state index in [2.05, 4.69) is 27.6 Å². The zero-order chi connectivity index (χ0) is 18.2. The van der Waals surface area contributed by atoms with Crippen molar-refractivity contribution in [3.8, 4) is 11.4 Å². The molecule has 1 aromatic heterocycles. The molecule has 0 unspecified atom stereocenters. The van der Waals surface area contributed by atoms with Gasteiger partial charge in [-0.05, 0) is 36.2 Å². The van der Waals surface area contributed by atoms with Gasteiger partial charge in [-0.15, -0.1) is 10.2 Å². The van der Waals surface area contributed by atoms with Gasteiger partial charge in [-0.2, -0.15) is 0 Å². The van der Waals surface area contributed by atoms with E-state index >= 15 is 0 Å². The SMILES string of the molecule is COc1ccc(-n2cnnc2SCC(=O)NCCc2ccccc2)cc1. The number of hydrogen-bond donors (Lipinski definition) is 1. The van der Waals surface area contributed by atoms with Gasteiger partial charge < -0.3 is 10.1 Å². The van der Waals surface area contributed by atoms with Crippen LogP contribution < -0.4 is 10.1 Å². The average Bonchev–Trinajstić information content (AvgIpc) is 3.16. The molecular formula is C19H20N4O2S. The summed E-state index contributed by atoms with van der Waals surface area (Å²) in [4.78, 5) is 12.1. The number of hydrogen-bond acceptors (Lipinski definition) is 5. The molecule has 0 aliphatic carbocycles. The molecule has 1 N–H and O–H groups in total. The Morgan fingerprint density at radius 2 is 1.92 bits per heavy atom. The summed E-state index contributed by atoms with van der Waals surface area (Å²) in [5, 5.41) is 11.7. The van der Waals surface area contributed by atoms with Crippen LogP contribution in [0.3, 0.4) is 0 Å². The second-order valence-electron chi connectivity index (χ2n) is 5.56. The molecule has 2 aromatic carbocycles. The van der Waals surface area contributed by atoms with E-state index in [1.54, 1.807) is 13.4 Å². The van der Waals surface area contributed by atoms with Crippen LogP contribution in [0.2, 0.25) is 0 Å². The van der Waals surface area contributed by atoms with Crippen LogP contribution in [0.25, 0.3) is 5.69 Å². The van der Waals surface area contributed by atoms with Crippen molar-refractivity contribution in [1.82, 2.24) is 20.1 Å². The minimum absolute atomic E-state index is 0.0183. The molecule has 0 atom stereocenters. The number of benzene rings is 2. The van der Waals surface area contributed by atoms with Crippen molar-refractivity contribution in [2.24, 2.45) is 0 Å². The van der Waals surface area contributed by atoms with E-state index in [9.17, 15) is 4.79 Å². The molecule has 3 rings (SSSR count). The quantitative estimate of drug-likeness (QED) is 0.619. The van der Waals surface area contributed by atoms with E-state index in [4.69, 9.17) is 4.74 Å². The van der Waals surface area contributed by atoms with Crippen LogP contribution >= 0.6 is 11.8 Å². The van der Waals surface area contributed by atoms with Crippen molar-refractivity contribution < 1.29 is 9.53 Å². The predicted octanol–water partition coefficient (Wildman–Crippen LogP) is 2.73. The van der Waals surface area contributed by atoms with E-state index in [0.29, 0.717) is 17.5 Å². The molecule has 6 nitrogen and oxygen atoms in total. The molecule has 0 aliphatic rings. The van der Waals surface area contributed by atoms with Crippen LogP contribution in [0, 0.1) is 0 Å². The van der Waals surface area contributed by atoms with E-state index < -0.39 is 0 Å². The Balaban J connectivity index is 1.50. The molecule has 1 heterocycles. The predicted molar refractivity (Wildman–Crippen MR) is 102 cm³/mol. The number of amides is 1. The zero-order valence-electron chi connectivity index (χ0n) is 14.5. The van der Waals surface area contributed by atoms with Gasteiger partial charge in [0.05, 0.1) is 12.9 Å². The normalized spacial score (nSPS) is 10.5. The Morgan fingerprint density at radius 1 is 1.15 bits per heavy atom. The molecule has 1 amide bonds. The summed E-state index contributed by atoms with van der Waals surface area (Å²) < 4.78 is 7.02. The molecule has 0 radical (unpaired) electrons. The molecule has 3 aromatic rings. The average molecular weight is 368 g/mol. The van der Waals surface area contributed by atoms with E-state index in [0.717, 1.165) is 17.9 Å². The minimum atomic E-state index is -0.0183. The van der Waals surface area contributed by atoms with Crippen molar-refractivity contribution in [3.63, 3.8) is 0 Å². The second kappa shape index (κ2) is 9.05. The lowest BCUT2D eigenvalue weighted by Gasteiger charge is -2.08. The first kappa shape index (κ1) is 18.0. The molecule has 26 heavy (non-hydrogen) atoms. The number of carbonyl (C=O) groups excluding carboxylic acids is 1. The summed E-state index contributed by atoms with van der Waals surface area (Å²) in [6.07, 6.45) is 2.46. The number of carbonyl (C=O) groups is 1. The maximum absolute atomic E-state index is 12.1. The van der Waals surface area contributed by atoms with E-state index in [-0.39, 0.29) is 5.91 Å². The molecule has 134 valence electrons. The second-order valence-corrected chi connectivity index (χ2v) is 6.50. The molecule has 7 heteroatoms. The lowest BCUT2D eigenvalue weighted by Crippen LogP contribution is -2.27. The van der Waals surface area contributed by atoms with E-state index in [1.807, 2.05) is 47.0 Å². The number of nitrogens with one attached hydrogen (secondary N) is 1.